The van der Waals surface area contributed by atoms with Crippen molar-refractivity contribution in [3.8, 4) is 0 Å². The van der Waals surface area contributed by atoms with E-state index in [1.165, 1.54) is 0 Å². The van der Waals surface area contributed by atoms with Gasteiger partial charge in [0.25, 0.3) is 0 Å². The molecule has 1 heterocycles. The molecular formula is C4H5BrN2O2. The van der Waals surface area contributed by atoms with Gasteiger partial charge in [-0.15, -0.1) is 0 Å². The molecule has 1 fully saturated rings. The van der Waals surface area contributed by atoms with Crippen molar-refractivity contribution in [2.75, 3.05) is 0 Å². The number of rotatable bonds is 1. The van der Waals surface area contributed by atoms with Gasteiger partial charge in [0.2, 0.25) is 11.8 Å². The second-order valence-corrected chi connectivity index (χ2v) is 2.06. The monoisotopic (exact) mass is 192 g/mol. The van der Waals surface area contributed by atoms with Crippen LogP contribution in [0.1, 0.15) is 12.8 Å². The molecule has 0 spiro atoms. The third-order valence-electron chi connectivity index (χ3n) is 1.14. The fraction of sp³-hybridized carbons (Fsp3) is 0.500. The maximum atomic E-state index is 10.6. The second-order valence-electron chi connectivity index (χ2n) is 1.71. The molecule has 50 valence electrons. The van der Waals surface area contributed by atoms with Gasteiger partial charge >= 0.3 is 0 Å². The van der Waals surface area contributed by atoms with E-state index in [-0.39, 0.29) is 11.8 Å². The Morgan fingerprint density at radius 3 is 2.00 bits per heavy atom. The van der Waals surface area contributed by atoms with Crippen molar-refractivity contribution in [3.63, 3.8) is 0 Å². The van der Waals surface area contributed by atoms with Gasteiger partial charge in [-0.3, -0.25) is 9.59 Å². The first-order valence-electron chi connectivity index (χ1n) is 2.48. The number of carbonyl (C=O) groups is 2. The fourth-order valence-electron chi connectivity index (χ4n) is 0.671. The smallest absolute Gasteiger partial charge is 0.245 e. The van der Waals surface area contributed by atoms with Crippen LogP contribution in [0.15, 0.2) is 0 Å². The van der Waals surface area contributed by atoms with E-state index in [2.05, 4.69) is 20.6 Å². The van der Waals surface area contributed by atoms with Crippen LogP contribution in [0.4, 0.5) is 0 Å². The van der Waals surface area contributed by atoms with E-state index in [9.17, 15) is 9.59 Å². The molecule has 0 radical (unpaired) electrons. The van der Waals surface area contributed by atoms with Crippen LogP contribution in [0.25, 0.3) is 0 Å². The number of nitrogens with zero attached hydrogens (tertiary/aromatic N) is 1. The number of hydrogen-bond acceptors (Lipinski definition) is 3. The third kappa shape index (κ3) is 1.11. The quantitative estimate of drug-likeness (QED) is 0.469. The van der Waals surface area contributed by atoms with Crippen LogP contribution in [0.3, 0.4) is 0 Å². The highest BCUT2D eigenvalue weighted by Crippen LogP contribution is 2.08. The Labute approximate surface area is 60.5 Å². The van der Waals surface area contributed by atoms with E-state index in [0.29, 0.717) is 12.8 Å². The molecule has 0 unspecified atom stereocenters. The number of carbonyl (C=O) groups excluding carboxylic acids is 2. The maximum Gasteiger partial charge on any atom is 0.245 e. The summed E-state index contributed by atoms with van der Waals surface area (Å²) in [6, 6.07) is 0. The van der Waals surface area contributed by atoms with Crippen LogP contribution >= 0.6 is 16.1 Å². The Hall–Kier alpha value is -0.420. The SMILES string of the molecule is O=C1CCC(=O)N1NBr. The first-order chi connectivity index (χ1) is 4.25. The zero-order valence-electron chi connectivity index (χ0n) is 4.56. The summed E-state index contributed by atoms with van der Waals surface area (Å²) in [5, 5.41) is 0.958. The Morgan fingerprint density at radius 1 is 1.33 bits per heavy atom. The first-order valence-corrected chi connectivity index (χ1v) is 3.27. The molecule has 0 aromatic heterocycles. The van der Waals surface area contributed by atoms with Crippen LogP contribution in [0.5, 0.6) is 0 Å². The maximum absolute atomic E-state index is 10.6. The first kappa shape index (κ1) is 6.70. The molecule has 0 aliphatic carbocycles. The molecule has 0 aromatic rings. The summed E-state index contributed by atoms with van der Waals surface area (Å²) in [7, 11) is 0. The summed E-state index contributed by atoms with van der Waals surface area (Å²) in [4.78, 5) is 21.3. The summed E-state index contributed by atoms with van der Waals surface area (Å²) in [5.41, 5.74) is 0. The molecule has 4 nitrogen and oxygen atoms in total. The molecule has 2 amide bonds. The lowest BCUT2D eigenvalue weighted by Crippen LogP contribution is -2.35. The van der Waals surface area contributed by atoms with E-state index in [1.807, 2.05) is 0 Å². The topological polar surface area (TPSA) is 49.4 Å². The lowest BCUT2D eigenvalue weighted by atomic mass is 10.4. The molecule has 1 aliphatic rings. The highest BCUT2D eigenvalue weighted by atomic mass is 79.9. The van der Waals surface area contributed by atoms with Gasteiger partial charge in [0.05, 0.1) is 0 Å². The zero-order chi connectivity index (χ0) is 6.85. The van der Waals surface area contributed by atoms with Crippen molar-refractivity contribution >= 4 is 28.0 Å². The molecule has 9 heavy (non-hydrogen) atoms. The minimum absolute atomic E-state index is 0.183. The molecule has 1 rings (SSSR count). The van der Waals surface area contributed by atoms with E-state index < -0.39 is 0 Å². The summed E-state index contributed by atoms with van der Waals surface area (Å²) in [6.07, 6.45) is 0.634. The molecular weight excluding hydrogens is 188 g/mol. The molecule has 1 aliphatic heterocycles. The predicted octanol–water partition coefficient (Wildman–Crippen LogP) is -0.0501. The van der Waals surface area contributed by atoms with E-state index in [4.69, 9.17) is 0 Å². The number of hydrogen-bond donors (Lipinski definition) is 1. The van der Waals surface area contributed by atoms with Crippen molar-refractivity contribution in [2.45, 2.75) is 12.8 Å². The summed E-state index contributed by atoms with van der Waals surface area (Å²) in [6.45, 7) is 0. The minimum Gasteiger partial charge on any atom is -0.273 e. The molecule has 0 atom stereocenters. The fourth-order valence-corrected chi connectivity index (χ4v) is 1.07. The van der Waals surface area contributed by atoms with Gasteiger partial charge in [-0.2, -0.15) is 4.45 Å². The molecule has 0 aromatic carbocycles. The summed E-state index contributed by atoms with van der Waals surface area (Å²) in [5.74, 6) is -0.367. The van der Waals surface area contributed by atoms with Gasteiger partial charge in [-0.1, -0.05) is 0 Å². The van der Waals surface area contributed by atoms with Gasteiger partial charge in [0, 0.05) is 29.0 Å². The molecule has 0 saturated carbocycles. The van der Waals surface area contributed by atoms with Crippen LogP contribution < -0.4 is 4.45 Å². The summed E-state index contributed by atoms with van der Waals surface area (Å²) >= 11 is 2.79. The zero-order valence-corrected chi connectivity index (χ0v) is 6.14. The number of hydrazine groups is 1. The average molecular weight is 193 g/mol. The number of halogens is 1. The van der Waals surface area contributed by atoms with Crippen LogP contribution in [0.2, 0.25) is 0 Å². The second kappa shape index (κ2) is 2.45. The van der Waals surface area contributed by atoms with E-state index >= 15 is 0 Å². The highest BCUT2D eigenvalue weighted by molar-refractivity contribution is 9.08. The van der Waals surface area contributed by atoms with Crippen LogP contribution in [0, 0.1) is 0 Å². The number of nitrogens with one attached hydrogen (secondary N) is 1. The largest absolute Gasteiger partial charge is 0.273 e. The van der Waals surface area contributed by atoms with Gasteiger partial charge in [0.15, 0.2) is 0 Å². The predicted molar refractivity (Wildman–Crippen MR) is 33.1 cm³/mol. The van der Waals surface area contributed by atoms with E-state index in [0.717, 1.165) is 5.01 Å². The normalized spacial score (nSPS) is 19.4. The van der Waals surface area contributed by atoms with Crippen molar-refractivity contribution < 1.29 is 9.59 Å². The third-order valence-corrected chi connectivity index (χ3v) is 1.49. The Balaban J connectivity index is 2.66. The summed E-state index contributed by atoms with van der Waals surface area (Å²) < 4.78 is 2.31. The van der Waals surface area contributed by atoms with Crippen LogP contribution in [-0.2, 0) is 9.59 Å². The Kier molecular flexibility index (Phi) is 1.82. The van der Waals surface area contributed by atoms with Gasteiger partial charge in [-0.05, 0) is 0 Å². The number of amides is 2. The minimum atomic E-state index is -0.183. The average Bonchev–Trinajstić information content (AvgIpc) is 2.12. The van der Waals surface area contributed by atoms with Gasteiger partial charge in [0.1, 0.15) is 0 Å². The van der Waals surface area contributed by atoms with Crippen molar-refractivity contribution in [2.24, 2.45) is 0 Å². The van der Waals surface area contributed by atoms with Crippen molar-refractivity contribution in [1.29, 1.82) is 0 Å². The van der Waals surface area contributed by atoms with Crippen molar-refractivity contribution in [1.82, 2.24) is 9.46 Å². The lowest BCUT2D eigenvalue weighted by molar-refractivity contribution is -0.139. The molecule has 1 N–H and O–H groups in total. The Bertz CT molecular complexity index is 143. The van der Waals surface area contributed by atoms with Gasteiger partial charge in [-0.25, -0.2) is 5.01 Å². The molecule has 5 heteroatoms. The van der Waals surface area contributed by atoms with Crippen molar-refractivity contribution in [3.05, 3.63) is 0 Å². The molecule has 1 saturated heterocycles. The van der Waals surface area contributed by atoms with Crippen LogP contribution in [-0.4, -0.2) is 16.8 Å². The standard InChI is InChI=1S/C4H5BrN2O2/c5-6-7-3(8)1-2-4(7)9/h6H,1-2H2. The lowest BCUT2D eigenvalue weighted by Gasteiger charge is -2.07. The van der Waals surface area contributed by atoms with E-state index in [1.54, 1.807) is 0 Å². The highest BCUT2D eigenvalue weighted by Gasteiger charge is 2.27. The molecule has 0 bridgehead atoms. The number of imide groups is 1. The van der Waals surface area contributed by atoms with Gasteiger partial charge < -0.3 is 0 Å². The Morgan fingerprint density at radius 2 is 1.78 bits per heavy atom.